The molecule has 1 unspecified atom stereocenters. The van der Waals surface area contributed by atoms with Crippen molar-refractivity contribution in [3.05, 3.63) is 52.9 Å². The zero-order valence-electron chi connectivity index (χ0n) is 8.56. The van der Waals surface area contributed by atoms with Crippen molar-refractivity contribution in [3.63, 3.8) is 0 Å². The van der Waals surface area contributed by atoms with Crippen LogP contribution in [0.5, 0.6) is 0 Å². The maximum atomic E-state index is 9.98. The molecule has 0 saturated carbocycles. The van der Waals surface area contributed by atoms with Crippen molar-refractivity contribution in [1.82, 2.24) is 0 Å². The van der Waals surface area contributed by atoms with Crippen LogP contribution in [0.25, 0.3) is 0 Å². The Balaban J connectivity index is 2.17. The first-order chi connectivity index (χ1) is 7.66. The Labute approximate surface area is 98.5 Å². The van der Waals surface area contributed by atoms with Gasteiger partial charge in [0.2, 0.25) is 0 Å². The number of anilines is 1. The molecule has 0 spiro atoms. The minimum absolute atomic E-state index is 0.402. The summed E-state index contributed by atoms with van der Waals surface area (Å²) in [4.78, 5) is 0. The standard InChI is InChI=1S/C12H12ClNO2/c13-8-3-4-10(11(14)6-8)12(15)7-9-2-1-5-16-9/h1-6,12,15H,7,14H2. The largest absolute Gasteiger partial charge is 0.469 e. The SMILES string of the molecule is Nc1cc(Cl)ccc1C(O)Cc1ccco1. The molecule has 2 rings (SSSR count). The van der Waals surface area contributed by atoms with Crippen LogP contribution in [0.1, 0.15) is 17.4 Å². The molecule has 0 aliphatic rings. The third kappa shape index (κ3) is 2.38. The van der Waals surface area contributed by atoms with E-state index in [9.17, 15) is 5.11 Å². The van der Waals surface area contributed by atoms with Crippen LogP contribution in [0.4, 0.5) is 5.69 Å². The first-order valence-corrected chi connectivity index (χ1v) is 5.30. The molecule has 16 heavy (non-hydrogen) atoms. The van der Waals surface area contributed by atoms with Gasteiger partial charge in [0.15, 0.2) is 0 Å². The van der Waals surface area contributed by atoms with Gasteiger partial charge in [-0.1, -0.05) is 17.7 Å². The van der Waals surface area contributed by atoms with Gasteiger partial charge in [0.1, 0.15) is 5.76 Å². The lowest BCUT2D eigenvalue weighted by Crippen LogP contribution is -2.04. The average Bonchev–Trinajstić information content (AvgIpc) is 2.70. The summed E-state index contributed by atoms with van der Waals surface area (Å²) in [5, 5.41) is 10.5. The van der Waals surface area contributed by atoms with Gasteiger partial charge in [-0.2, -0.15) is 0 Å². The fraction of sp³-hybridized carbons (Fsp3) is 0.167. The molecule has 4 heteroatoms. The number of rotatable bonds is 3. The van der Waals surface area contributed by atoms with Crippen molar-refractivity contribution >= 4 is 17.3 Å². The number of furan rings is 1. The van der Waals surface area contributed by atoms with Gasteiger partial charge in [0.05, 0.1) is 12.4 Å². The molecule has 0 saturated heterocycles. The third-order valence-electron chi connectivity index (χ3n) is 2.38. The molecule has 2 aromatic rings. The van der Waals surface area contributed by atoms with E-state index in [1.54, 1.807) is 30.5 Å². The third-order valence-corrected chi connectivity index (χ3v) is 2.62. The minimum Gasteiger partial charge on any atom is -0.469 e. The number of nitrogen functional groups attached to an aromatic ring is 1. The summed E-state index contributed by atoms with van der Waals surface area (Å²) in [6.45, 7) is 0. The van der Waals surface area contributed by atoms with Gasteiger partial charge in [-0.25, -0.2) is 0 Å². The topological polar surface area (TPSA) is 59.4 Å². The molecule has 1 heterocycles. The molecule has 0 amide bonds. The quantitative estimate of drug-likeness (QED) is 0.807. The molecule has 0 radical (unpaired) electrons. The van der Waals surface area contributed by atoms with E-state index in [1.165, 1.54) is 0 Å². The van der Waals surface area contributed by atoms with Crippen LogP contribution in [-0.2, 0) is 6.42 Å². The maximum Gasteiger partial charge on any atom is 0.106 e. The van der Waals surface area contributed by atoms with E-state index in [0.717, 1.165) is 5.76 Å². The van der Waals surface area contributed by atoms with Crippen molar-refractivity contribution in [1.29, 1.82) is 0 Å². The molecule has 0 aliphatic carbocycles. The van der Waals surface area contributed by atoms with Crippen LogP contribution in [0.3, 0.4) is 0 Å². The van der Waals surface area contributed by atoms with E-state index in [4.69, 9.17) is 21.8 Å². The molecular formula is C12H12ClNO2. The van der Waals surface area contributed by atoms with E-state index < -0.39 is 6.10 Å². The highest BCUT2D eigenvalue weighted by molar-refractivity contribution is 6.30. The summed E-state index contributed by atoms with van der Waals surface area (Å²) in [5.41, 5.74) is 6.94. The second-order valence-electron chi connectivity index (χ2n) is 3.57. The summed E-state index contributed by atoms with van der Waals surface area (Å²) < 4.78 is 5.16. The first kappa shape index (κ1) is 11.0. The number of benzene rings is 1. The Morgan fingerprint density at radius 1 is 1.38 bits per heavy atom. The molecule has 3 nitrogen and oxygen atoms in total. The highest BCUT2D eigenvalue weighted by Gasteiger charge is 2.13. The average molecular weight is 238 g/mol. The Morgan fingerprint density at radius 2 is 2.19 bits per heavy atom. The summed E-state index contributed by atoms with van der Waals surface area (Å²) in [5.74, 6) is 0.724. The molecule has 1 atom stereocenters. The van der Waals surface area contributed by atoms with Gasteiger partial charge in [0.25, 0.3) is 0 Å². The van der Waals surface area contributed by atoms with Crippen LogP contribution in [0, 0.1) is 0 Å². The molecule has 1 aromatic heterocycles. The second kappa shape index (κ2) is 4.60. The van der Waals surface area contributed by atoms with Crippen molar-refractivity contribution < 1.29 is 9.52 Å². The smallest absolute Gasteiger partial charge is 0.106 e. The van der Waals surface area contributed by atoms with Crippen molar-refractivity contribution in [2.45, 2.75) is 12.5 Å². The van der Waals surface area contributed by atoms with E-state index in [1.807, 2.05) is 6.07 Å². The zero-order chi connectivity index (χ0) is 11.5. The van der Waals surface area contributed by atoms with Crippen molar-refractivity contribution in [3.8, 4) is 0 Å². The number of nitrogens with two attached hydrogens (primary N) is 1. The van der Waals surface area contributed by atoms with E-state index in [2.05, 4.69) is 0 Å². The van der Waals surface area contributed by atoms with Crippen LogP contribution in [-0.4, -0.2) is 5.11 Å². The Morgan fingerprint density at radius 3 is 2.81 bits per heavy atom. The zero-order valence-corrected chi connectivity index (χ0v) is 9.32. The molecule has 0 bridgehead atoms. The number of hydrogen-bond acceptors (Lipinski definition) is 3. The Hall–Kier alpha value is -1.45. The van der Waals surface area contributed by atoms with Gasteiger partial charge in [0, 0.05) is 22.7 Å². The van der Waals surface area contributed by atoms with E-state index in [-0.39, 0.29) is 0 Å². The molecule has 0 fully saturated rings. The normalized spacial score (nSPS) is 12.6. The van der Waals surface area contributed by atoms with Gasteiger partial charge in [-0.15, -0.1) is 0 Å². The monoisotopic (exact) mass is 237 g/mol. The number of hydrogen-bond donors (Lipinski definition) is 2. The van der Waals surface area contributed by atoms with Gasteiger partial charge >= 0.3 is 0 Å². The van der Waals surface area contributed by atoms with Crippen molar-refractivity contribution in [2.75, 3.05) is 5.73 Å². The highest BCUT2D eigenvalue weighted by atomic mass is 35.5. The minimum atomic E-state index is -0.677. The number of halogens is 1. The van der Waals surface area contributed by atoms with Crippen LogP contribution in [0.2, 0.25) is 5.02 Å². The Bertz CT molecular complexity index is 468. The van der Waals surface area contributed by atoms with Gasteiger partial charge in [-0.05, 0) is 24.3 Å². The lowest BCUT2D eigenvalue weighted by molar-refractivity contribution is 0.171. The lowest BCUT2D eigenvalue weighted by atomic mass is 10.0. The molecule has 3 N–H and O–H groups in total. The predicted octanol–water partition coefficient (Wildman–Crippen LogP) is 2.79. The molecule has 1 aromatic carbocycles. The summed E-state index contributed by atoms with van der Waals surface area (Å²) in [7, 11) is 0. The number of aliphatic hydroxyl groups is 1. The summed E-state index contributed by atoms with van der Waals surface area (Å²) >= 11 is 5.78. The van der Waals surface area contributed by atoms with Gasteiger partial charge < -0.3 is 15.3 Å². The molecule has 84 valence electrons. The number of aliphatic hydroxyl groups excluding tert-OH is 1. The Kier molecular flexibility index (Phi) is 3.17. The molecule has 0 aliphatic heterocycles. The fourth-order valence-corrected chi connectivity index (χ4v) is 1.76. The van der Waals surface area contributed by atoms with E-state index in [0.29, 0.717) is 22.7 Å². The lowest BCUT2D eigenvalue weighted by Gasteiger charge is -2.12. The molecular weight excluding hydrogens is 226 g/mol. The van der Waals surface area contributed by atoms with E-state index >= 15 is 0 Å². The summed E-state index contributed by atoms with van der Waals surface area (Å²) in [6.07, 6.45) is 1.30. The second-order valence-corrected chi connectivity index (χ2v) is 4.01. The predicted molar refractivity (Wildman–Crippen MR) is 63.2 cm³/mol. The highest BCUT2D eigenvalue weighted by Crippen LogP contribution is 2.26. The van der Waals surface area contributed by atoms with Crippen LogP contribution >= 0.6 is 11.6 Å². The van der Waals surface area contributed by atoms with Gasteiger partial charge in [-0.3, -0.25) is 0 Å². The van der Waals surface area contributed by atoms with Crippen LogP contribution < -0.4 is 5.73 Å². The van der Waals surface area contributed by atoms with Crippen LogP contribution in [0.15, 0.2) is 41.0 Å². The van der Waals surface area contributed by atoms with Crippen molar-refractivity contribution in [2.24, 2.45) is 0 Å². The first-order valence-electron chi connectivity index (χ1n) is 4.92. The maximum absolute atomic E-state index is 9.98. The summed E-state index contributed by atoms with van der Waals surface area (Å²) in [6, 6.07) is 8.66. The fourth-order valence-electron chi connectivity index (χ4n) is 1.58.